The molecule has 0 amide bonds. The van der Waals surface area contributed by atoms with Gasteiger partial charge in [0.25, 0.3) is 11.5 Å². The highest BCUT2D eigenvalue weighted by atomic mass is 19.4. The van der Waals surface area contributed by atoms with Gasteiger partial charge in [0.15, 0.2) is 0 Å². The smallest absolute Gasteiger partial charge is 0.418 e. The molecule has 0 aromatic carbocycles. The molecule has 31 heavy (non-hydrogen) atoms. The molecule has 0 bridgehead atoms. The second-order valence-corrected chi connectivity index (χ2v) is 8.24. The van der Waals surface area contributed by atoms with Crippen molar-refractivity contribution in [2.45, 2.75) is 75.6 Å². The Kier molecular flexibility index (Phi) is 5.74. The second-order valence-electron chi connectivity index (χ2n) is 8.24. The molecule has 5 nitrogen and oxygen atoms in total. The van der Waals surface area contributed by atoms with Crippen molar-refractivity contribution in [1.82, 2.24) is 14.8 Å². The molecule has 0 radical (unpaired) electrons. The maximum absolute atomic E-state index is 13.4. The van der Waals surface area contributed by atoms with Gasteiger partial charge in [0, 0.05) is 30.7 Å². The number of pyridine rings is 1. The molecule has 168 valence electrons. The lowest BCUT2D eigenvalue weighted by atomic mass is 9.85. The molecule has 2 aliphatic carbocycles. The minimum Gasteiger partial charge on any atom is -0.473 e. The summed E-state index contributed by atoms with van der Waals surface area (Å²) in [4.78, 5) is 16.9. The van der Waals surface area contributed by atoms with E-state index in [1.54, 1.807) is 0 Å². The maximum atomic E-state index is 13.4. The van der Waals surface area contributed by atoms with Crippen LogP contribution in [0.4, 0.5) is 22.0 Å². The third-order valence-electron chi connectivity index (χ3n) is 5.86. The maximum Gasteiger partial charge on any atom is 0.418 e. The van der Waals surface area contributed by atoms with E-state index in [1.165, 1.54) is 18.3 Å². The molecule has 2 heterocycles. The Bertz CT molecular complexity index is 991. The molecule has 0 N–H and O–H groups in total. The molecule has 0 saturated heterocycles. The van der Waals surface area contributed by atoms with E-state index in [0.717, 1.165) is 42.9 Å². The predicted octanol–water partition coefficient (Wildman–Crippen LogP) is 4.93. The Morgan fingerprint density at radius 1 is 1.16 bits per heavy atom. The first-order valence-electron chi connectivity index (χ1n) is 10.3. The number of hydrogen-bond acceptors (Lipinski definition) is 4. The zero-order valence-electron chi connectivity index (χ0n) is 16.7. The summed E-state index contributed by atoms with van der Waals surface area (Å²) < 4.78 is 72.9. The number of alkyl halides is 5. The molecule has 2 aliphatic rings. The molecule has 0 unspecified atom stereocenters. The Balaban J connectivity index is 1.69. The van der Waals surface area contributed by atoms with Crippen LogP contribution in [0.1, 0.15) is 67.7 Å². The number of aromatic nitrogens is 3. The van der Waals surface area contributed by atoms with Crippen LogP contribution in [0.5, 0.6) is 5.88 Å². The minimum absolute atomic E-state index is 0.0230. The SMILES string of the molecule is O=c1c(C2CCCCC2)cc(OC2CC(F)(F)C2)nn1Cc1ncccc1C(F)(F)F. The summed E-state index contributed by atoms with van der Waals surface area (Å²) in [5.74, 6) is -2.88. The Labute approximate surface area is 175 Å². The number of hydrogen-bond donors (Lipinski definition) is 0. The monoisotopic (exact) mass is 443 g/mol. The fourth-order valence-electron chi connectivity index (χ4n) is 4.23. The van der Waals surface area contributed by atoms with E-state index in [9.17, 15) is 26.7 Å². The Hall–Kier alpha value is -2.52. The van der Waals surface area contributed by atoms with Gasteiger partial charge in [-0.1, -0.05) is 19.3 Å². The Morgan fingerprint density at radius 3 is 2.52 bits per heavy atom. The molecule has 2 aromatic rings. The summed E-state index contributed by atoms with van der Waals surface area (Å²) in [6.07, 6.45) is -0.580. The van der Waals surface area contributed by atoms with Crippen LogP contribution in [0.15, 0.2) is 29.2 Å². The topological polar surface area (TPSA) is 57.0 Å². The minimum atomic E-state index is -4.63. The van der Waals surface area contributed by atoms with Crippen molar-refractivity contribution in [3.8, 4) is 5.88 Å². The summed E-state index contributed by atoms with van der Waals surface area (Å²) in [6, 6.07) is 3.53. The van der Waals surface area contributed by atoms with E-state index in [2.05, 4.69) is 10.1 Å². The van der Waals surface area contributed by atoms with Gasteiger partial charge in [0.2, 0.25) is 5.88 Å². The zero-order valence-corrected chi connectivity index (χ0v) is 16.7. The van der Waals surface area contributed by atoms with Crippen molar-refractivity contribution >= 4 is 0 Å². The van der Waals surface area contributed by atoms with Crippen LogP contribution in [0, 0.1) is 0 Å². The molecule has 2 saturated carbocycles. The van der Waals surface area contributed by atoms with Crippen molar-refractivity contribution < 1.29 is 26.7 Å². The van der Waals surface area contributed by atoms with Crippen LogP contribution in [-0.4, -0.2) is 26.8 Å². The van der Waals surface area contributed by atoms with Crippen LogP contribution in [0.3, 0.4) is 0 Å². The van der Waals surface area contributed by atoms with Crippen LogP contribution in [-0.2, 0) is 12.7 Å². The molecule has 4 rings (SSSR count). The van der Waals surface area contributed by atoms with E-state index in [-0.39, 0.29) is 17.5 Å². The first-order chi connectivity index (χ1) is 14.6. The molecule has 10 heteroatoms. The summed E-state index contributed by atoms with van der Waals surface area (Å²) >= 11 is 0. The fraction of sp³-hybridized carbons (Fsp3) is 0.571. The number of rotatable bonds is 5. The first kappa shape index (κ1) is 21.7. The summed E-state index contributed by atoms with van der Waals surface area (Å²) in [5, 5.41) is 4.05. The highest BCUT2D eigenvalue weighted by molar-refractivity contribution is 5.26. The van der Waals surface area contributed by atoms with Crippen LogP contribution < -0.4 is 10.3 Å². The molecule has 0 atom stereocenters. The second kappa shape index (κ2) is 8.20. The van der Waals surface area contributed by atoms with Crippen LogP contribution in [0.2, 0.25) is 0 Å². The molecular weight excluding hydrogens is 421 g/mol. The predicted molar refractivity (Wildman–Crippen MR) is 101 cm³/mol. The van der Waals surface area contributed by atoms with Gasteiger partial charge in [-0.05, 0) is 30.9 Å². The highest BCUT2D eigenvalue weighted by Gasteiger charge is 2.47. The molecule has 0 spiro atoms. The van der Waals surface area contributed by atoms with E-state index in [4.69, 9.17) is 4.74 Å². The molecular formula is C21H22F5N3O2. The van der Waals surface area contributed by atoms with Crippen molar-refractivity contribution in [2.24, 2.45) is 0 Å². The van der Waals surface area contributed by atoms with Gasteiger partial charge in [-0.15, -0.1) is 5.10 Å². The lowest BCUT2D eigenvalue weighted by molar-refractivity contribution is -0.138. The third-order valence-corrected chi connectivity index (χ3v) is 5.86. The van der Waals surface area contributed by atoms with Crippen molar-refractivity contribution in [1.29, 1.82) is 0 Å². The van der Waals surface area contributed by atoms with Crippen LogP contribution >= 0.6 is 0 Å². The standard InChI is InChI=1S/C21H22F5N3O2/c22-20(23)10-14(11-20)31-18-9-15(13-5-2-1-3-6-13)19(30)29(28-18)12-17-16(21(24,25)26)7-4-8-27-17/h4,7-9,13-14H,1-3,5-6,10-12H2. The number of ether oxygens (including phenoxy) is 1. The largest absolute Gasteiger partial charge is 0.473 e. The molecule has 0 aliphatic heterocycles. The van der Waals surface area contributed by atoms with Crippen molar-refractivity contribution in [2.75, 3.05) is 0 Å². The van der Waals surface area contributed by atoms with Crippen LogP contribution in [0.25, 0.3) is 0 Å². The number of nitrogens with zero attached hydrogens (tertiary/aromatic N) is 3. The number of halogens is 5. The average Bonchev–Trinajstić information content (AvgIpc) is 2.69. The van der Waals surface area contributed by atoms with Gasteiger partial charge < -0.3 is 4.74 Å². The average molecular weight is 443 g/mol. The van der Waals surface area contributed by atoms with Gasteiger partial charge in [-0.2, -0.15) is 13.2 Å². The van der Waals surface area contributed by atoms with Gasteiger partial charge >= 0.3 is 6.18 Å². The zero-order chi connectivity index (χ0) is 22.2. The van der Waals surface area contributed by atoms with Crippen molar-refractivity contribution in [3.63, 3.8) is 0 Å². The third kappa shape index (κ3) is 4.88. The van der Waals surface area contributed by atoms with Gasteiger partial charge in [-0.25, -0.2) is 13.5 Å². The quantitative estimate of drug-likeness (QED) is 0.615. The summed E-state index contributed by atoms with van der Waals surface area (Å²) in [7, 11) is 0. The van der Waals surface area contributed by atoms with E-state index >= 15 is 0 Å². The van der Waals surface area contributed by atoms with E-state index in [0.29, 0.717) is 5.56 Å². The van der Waals surface area contributed by atoms with Crippen molar-refractivity contribution in [3.05, 3.63) is 51.6 Å². The summed E-state index contributed by atoms with van der Waals surface area (Å²) in [5.41, 5.74) is -1.39. The van der Waals surface area contributed by atoms with Gasteiger partial charge in [0.1, 0.15) is 6.10 Å². The first-order valence-corrected chi connectivity index (χ1v) is 10.3. The normalized spacial score (nSPS) is 19.8. The summed E-state index contributed by atoms with van der Waals surface area (Å²) in [6.45, 7) is -0.494. The Morgan fingerprint density at radius 2 is 1.87 bits per heavy atom. The lowest BCUT2D eigenvalue weighted by Crippen LogP contribution is -2.43. The highest BCUT2D eigenvalue weighted by Crippen LogP contribution is 2.40. The molecule has 2 aromatic heterocycles. The molecule has 2 fully saturated rings. The van der Waals surface area contributed by atoms with Gasteiger partial charge in [0.05, 0.1) is 17.8 Å². The lowest BCUT2D eigenvalue weighted by Gasteiger charge is -2.34. The van der Waals surface area contributed by atoms with E-state index in [1.807, 2.05) is 0 Å². The van der Waals surface area contributed by atoms with Gasteiger partial charge in [-0.3, -0.25) is 9.78 Å². The van der Waals surface area contributed by atoms with E-state index < -0.39 is 48.7 Å². The fourth-order valence-corrected chi connectivity index (χ4v) is 4.23.